The first-order chi connectivity index (χ1) is 14.2. The molecule has 29 heavy (non-hydrogen) atoms. The average molecular weight is 378 g/mol. The summed E-state index contributed by atoms with van der Waals surface area (Å²) in [6.45, 7) is 7.26. The Bertz CT molecular complexity index is 1360. The minimum atomic E-state index is 0.888. The molecule has 0 N–H and O–H groups in total. The third-order valence-corrected chi connectivity index (χ3v) is 5.56. The van der Waals surface area contributed by atoms with E-state index in [0.717, 1.165) is 40.1 Å². The Morgan fingerprint density at radius 3 is 2.52 bits per heavy atom. The first kappa shape index (κ1) is 17.6. The van der Waals surface area contributed by atoms with Gasteiger partial charge in [0.25, 0.3) is 0 Å². The zero-order chi connectivity index (χ0) is 20.0. The molecule has 0 saturated carbocycles. The van der Waals surface area contributed by atoms with Crippen LogP contribution in [0.4, 0.5) is 0 Å². The molecule has 0 radical (unpaired) electrons. The molecule has 142 valence electrons. The van der Waals surface area contributed by atoms with E-state index >= 15 is 0 Å². The maximum atomic E-state index is 4.80. The molecular formula is C25H22N4. The highest BCUT2D eigenvalue weighted by Gasteiger charge is 2.13. The number of rotatable bonds is 3. The summed E-state index contributed by atoms with van der Waals surface area (Å²) in [7, 11) is 0. The highest BCUT2D eigenvalue weighted by Crippen LogP contribution is 2.31. The van der Waals surface area contributed by atoms with Gasteiger partial charge in [0.05, 0.1) is 16.9 Å². The maximum Gasteiger partial charge on any atom is 0.140 e. The highest BCUT2D eigenvalue weighted by atomic mass is 15.0. The second-order valence-electron chi connectivity index (χ2n) is 7.46. The molecule has 0 bridgehead atoms. The Morgan fingerprint density at radius 2 is 1.66 bits per heavy atom. The standard InChI is InChI=1S/C25H22N4/c1-4-29-24-8-6-5-7-19(24)21-12-18(14-26-25(21)29)22-13-23(28-15-27-22)20-11-16(2)9-10-17(20)3/h5-15H,4H2,1-3H3. The van der Waals surface area contributed by atoms with Crippen molar-refractivity contribution >= 4 is 21.9 Å². The van der Waals surface area contributed by atoms with Gasteiger partial charge in [-0.1, -0.05) is 35.9 Å². The normalized spacial score (nSPS) is 11.4. The van der Waals surface area contributed by atoms with Crippen LogP contribution in [-0.4, -0.2) is 19.5 Å². The summed E-state index contributed by atoms with van der Waals surface area (Å²) in [4.78, 5) is 13.9. The van der Waals surface area contributed by atoms with Gasteiger partial charge in [-0.3, -0.25) is 0 Å². The van der Waals surface area contributed by atoms with Crippen molar-refractivity contribution in [3.63, 3.8) is 0 Å². The Balaban J connectivity index is 1.69. The number of nitrogens with zero attached hydrogens (tertiary/aromatic N) is 4. The van der Waals surface area contributed by atoms with Crippen molar-refractivity contribution in [2.75, 3.05) is 0 Å². The van der Waals surface area contributed by atoms with Gasteiger partial charge < -0.3 is 4.57 Å². The lowest BCUT2D eigenvalue weighted by Crippen LogP contribution is -1.95. The molecule has 2 aromatic carbocycles. The molecule has 0 unspecified atom stereocenters. The topological polar surface area (TPSA) is 43.6 Å². The fourth-order valence-corrected chi connectivity index (χ4v) is 4.06. The molecule has 5 rings (SSSR count). The van der Waals surface area contributed by atoms with Crippen molar-refractivity contribution < 1.29 is 0 Å². The molecule has 0 aliphatic rings. The van der Waals surface area contributed by atoms with E-state index in [1.807, 2.05) is 6.20 Å². The minimum absolute atomic E-state index is 0.888. The van der Waals surface area contributed by atoms with E-state index in [4.69, 9.17) is 4.98 Å². The number of para-hydroxylation sites is 1. The molecule has 4 heteroatoms. The molecule has 0 aliphatic carbocycles. The first-order valence-corrected chi connectivity index (χ1v) is 9.92. The van der Waals surface area contributed by atoms with Crippen LogP contribution >= 0.6 is 0 Å². The van der Waals surface area contributed by atoms with Gasteiger partial charge in [0, 0.05) is 34.6 Å². The van der Waals surface area contributed by atoms with Crippen LogP contribution in [0.15, 0.2) is 67.1 Å². The van der Waals surface area contributed by atoms with Crippen LogP contribution in [0.1, 0.15) is 18.1 Å². The Morgan fingerprint density at radius 1 is 0.828 bits per heavy atom. The van der Waals surface area contributed by atoms with Gasteiger partial charge in [-0.25, -0.2) is 15.0 Å². The summed E-state index contributed by atoms with van der Waals surface area (Å²) in [5.74, 6) is 0. The smallest absolute Gasteiger partial charge is 0.140 e. The van der Waals surface area contributed by atoms with Crippen molar-refractivity contribution in [2.45, 2.75) is 27.3 Å². The zero-order valence-corrected chi connectivity index (χ0v) is 16.8. The van der Waals surface area contributed by atoms with Crippen molar-refractivity contribution in [3.05, 3.63) is 78.2 Å². The van der Waals surface area contributed by atoms with Gasteiger partial charge >= 0.3 is 0 Å². The SMILES string of the molecule is CCn1c2ccccc2c2cc(-c3cc(-c4cc(C)ccc4C)ncn3)cnc21. The molecule has 3 aromatic heterocycles. The number of hydrogen-bond donors (Lipinski definition) is 0. The van der Waals surface area contributed by atoms with Crippen molar-refractivity contribution in [1.29, 1.82) is 0 Å². The van der Waals surface area contributed by atoms with Crippen LogP contribution in [0.2, 0.25) is 0 Å². The first-order valence-electron chi connectivity index (χ1n) is 9.92. The van der Waals surface area contributed by atoms with E-state index in [1.54, 1.807) is 6.33 Å². The van der Waals surface area contributed by atoms with Crippen LogP contribution in [0.25, 0.3) is 44.5 Å². The number of aromatic nitrogens is 4. The predicted octanol–water partition coefficient (Wildman–Crippen LogP) is 5.95. The second kappa shape index (κ2) is 6.82. The monoisotopic (exact) mass is 378 g/mol. The van der Waals surface area contributed by atoms with Gasteiger partial charge in [-0.2, -0.15) is 0 Å². The average Bonchev–Trinajstić information content (AvgIpc) is 3.08. The summed E-state index contributed by atoms with van der Waals surface area (Å²) in [5.41, 5.74) is 8.64. The number of pyridine rings is 1. The quantitative estimate of drug-likeness (QED) is 0.390. The predicted molar refractivity (Wildman–Crippen MR) is 119 cm³/mol. The van der Waals surface area contributed by atoms with Gasteiger partial charge in [0.1, 0.15) is 12.0 Å². The molecule has 5 aromatic rings. The molecule has 3 heterocycles. The van der Waals surface area contributed by atoms with Crippen LogP contribution in [0, 0.1) is 13.8 Å². The summed E-state index contributed by atoms with van der Waals surface area (Å²) >= 11 is 0. The number of benzene rings is 2. The molecule has 4 nitrogen and oxygen atoms in total. The molecule has 0 spiro atoms. The fraction of sp³-hybridized carbons (Fsp3) is 0.160. The highest BCUT2D eigenvalue weighted by molar-refractivity contribution is 6.07. The zero-order valence-electron chi connectivity index (χ0n) is 16.8. The van der Waals surface area contributed by atoms with Crippen LogP contribution < -0.4 is 0 Å². The lowest BCUT2D eigenvalue weighted by molar-refractivity contribution is 0.816. The van der Waals surface area contributed by atoms with Crippen molar-refractivity contribution in [3.8, 4) is 22.5 Å². The van der Waals surface area contributed by atoms with Crippen LogP contribution in [-0.2, 0) is 6.54 Å². The van der Waals surface area contributed by atoms with E-state index in [1.165, 1.54) is 22.0 Å². The second-order valence-corrected chi connectivity index (χ2v) is 7.46. The summed E-state index contributed by atoms with van der Waals surface area (Å²) in [5, 5.41) is 2.38. The summed E-state index contributed by atoms with van der Waals surface area (Å²) in [6.07, 6.45) is 3.56. The Kier molecular flexibility index (Phi) is 4.13. The van der Waals surface area contributed by atoms with Gasteiger partial charge in [0.15, 0.2) is 0 Å². The Hall–Kier alpha value is -3.53. The third kappa shape index (κ3) is 2.88. The van der Waals surface area contributed by atoms with Crippen molar-refractivity contribution in [1.82, 2.24) is 19.5 Å². The van der Waals surface area contributed by atoms with Crippen LogP contribution in [0.3, 0.4) is 0 Å². The van der Waals surface area contributed by atoms with E-state index in [9.17, 15) is 0 Å². The summed E-state index contributed by atoms with van der Waals surface area (Å²) in [6, 6.07) is 19.2. The number of hydrogen-bond acceptors (Lipinski definition) is 3. The van der Waals surface area contributed by atoms with Gasteiger partial charge in [-0.15, -0.1) is 0 Å². The van der Waals surface area contributed by atoms with E-state index in [2.05, 4.69) is 89.9 Å². The minimum Gasteiger partial charge on any atom is -0.326 e. The lowest BCUT2D eigenvalue weighted by Gasteiger charge is -2.08. The molecule has 0 aliphatic heterocycles. The van der Waals surface area contributed by atoms with Crippen molar-refractivity contribution in [2.24, 2.45) is 0 Å². The van der Waals surface area contributed by atoms with Gasteiger partial charge in [0.2, 0.25) is 0 Å². The van der Waals surface area contributed by atoms with Crippen LogP contribution in [0.5, 0.6) is 0 Å². The molecule has 0 amide bonds. The third-order valence-electron chi connectivity index (χ3n) is 5.56. The lowest BCUT2D eigenvalue weighted by atomic mass is 10.0. The van der Waals surface area contributed by atoms with Gasteiger partial charge in [-0.05, 0) is 50.6 Å². The molecular weight excluding hydrogens is 356 g/mol. The maximum absolute atomic E-state index is 4.80. The largest absolute Gasteiger partial charge is 0.326 e. The molecule has 0 atom stereocenters. The molecule has 0 saturated heterocycles. The van der Waals surface area contributed by atoms with E-state index in [-0.39, 0.29) is 0 Å². The fourth-order valence-electron chi connectivity index (χ4n) is 4.06. The Labute approximate surface area is 169 Å². The summed E-state index contributed by atoms with van der Waals surface area (Å²) < 4.78 is 2.26. The van der Waals surface area contributed by atoms with E-state index in [0.29, 0.717) is 0 Å². The molecule has 0 fully saturated rings. The van der Waals surface area contributed by atoms with E-state index < -0.39 is 0 Å². The number of aryl methyl sites for hydroxylation is 3. The number of fused-ring (bicyclic) bond motifs is 3.